The highest BCUT2D eigenvalue weighted by Crippen LogP contribution is 2.24. The second-order valence-electron chi connectivity index (χ2n) is 2.71. The summed E-state index contributed by atoms with van der Waals surface area (Å²) in [6.07, 6.45) is 3.37. The summed E-state index contributed by atoms with van der Waals surface area (Å²) in [5, 5.41) is 0.751. The second-order valence-corrected chi connectivity index (χ2v) is 3.48. The fraction of sp³-hybridized carbons (Fsp3) is 0. The Hall–Kier alpha value is -1.12. The third kappa shape index (κ3) is 1.86. The van der Waals surface area contributed by atoms with Crippen LogP contribution >= 0.6 is 23.2 Å². The van der Waals surface area contributed by atoms with E-state index in [-0.39, 0.29) is 0 Å². The number of nitrogens with zero attached hydrogens (tertiary/aromatic N) is 2. The number of pyridine rings is 2. The minimum absolute atomic E-state index is 0.311. The maximum Gasteiger partial charge on any atom is 0.147 e. The van der Waals surface area contributed by atoms with Crippen LogP contribution < -0.4 is 0 Å². The maximum absolute atomic E-state index is 5.84. The Morgan fingerprint density at radius 3 is 2.57 bits per heavy atom. The van der Waals surface area contributed by atoms with Crippen molar-refractivity contribution in [1.29, 1.82) is 0 Å². The molecule has 0 spiro atoms. The molecule has 0 saturated carbocycles. The van der Waals surface area contributed by atoms with Gasteiger partial charge < -0.3 is 0 Å². The summed E-state index contributed by atoms with van der Waals surface area (Å²) < 4.78 is 0. The number of halogens is 2. The molecule has 0 saturated heterocycles. The van der Waals surface area contributed by atoms with Crippen LogP contribution in [0.2, 0.25) is 10.2 Å². The fourth-order valence-electron chi connectivity index (χ4n) is 1.09. The molecule has 2 aromatic heterocycles. The molecule has 4 heteroatoms. The lowest BCUT2D eigenvalue weighted by atomic mass is 10.2. The summed E-state index contributed by atoms with van der Waals surface area (Å²) >= 11 is 11.5. The van der Waals surface area contributed by atoms with Gasteiger partial charge in [0.05, 0.1) is 10.7 Å². The van der Waals surface area contributed by atoms with Crippen molar-refractivity contribution in [2.45, 2.75) is 0 Å². The Bertz CT molecular complexity index is 443. The van der Waals surface area contributed by atoms with Crippen LogP contribution in [0, 0.1) is 0 Å². The largest absolute Gasteiger partial charge is 0.256 e. The Morgan fingerprint density at radius 2 is 1.93 bits per heavy atom. The first kappa shape index (κ1) is 9.44. The van der Waals surface area contributed by atoms with Gasteiger partial charge >= 0.3 is 0 Å². The van der Waals surface area contributed by atoms with E-state index in [0.29, 0.717) is 10.2 Å². The molecule has 14 heavy (non-hydrogen) atoms. The standard InChI is InChI=1S/C10H6Cl2N2/c11-8-5-7(6-14-10(8)12)9-3-1-2-4-13-9/h1-6H. The third-order valence-corrected chi connectivity index (χ3v) is 2.44. The Kier molecular flexibility index (Phi) is 2.66. The predicted molar refractivity (Wildman–Crippen MR) is 57.5 cm³/mol. The molecule has 0 aliphatic rings. The van der Waals surface area contributed by atoms with Gasteiger partial charge in [-0.1, -0.05) is 29.3 Å². The minimum Gasteiger partial charge on any atom is -0.256 e. The van der Waals surface area contributed by atoms with E-state index in [9.17, 15) is 0 Å². The molecule has 0 aliphatic heterocycles. The Balaban J connectivity index is 2.48. The van der Waals surface area contributed by atoms with Crippen molar-refractivity contribution in [3.05, 3.63) is 46.8 Å². The highest BCUT2D eigenvalue weighted by Gasteiger charge is 2.03. The van der Waals surface area contributed by atoms with Crippen LogP contribution in [0.1, 0.15) is 0 Å². The maximum atomic E-state index is 5.84. The lowest BCUT2D eigenvalue weighted by Gasteiger charge is -2.00. The van der Waals surface area contributed by atoms with E-state index < -0.39 is 0 Å². The van der Waals surface area contributed by atoms with Crippen LogP contribution in [0.25, 0.3) is 11.3 Å². The second kappa shape index (κ2) is 3.95. The van der Waals surface area contributed by atoms with Gasteiger partial charge in [-0.25, -0.2) is 4.98 Å². The van der Waals surface area contributed by atoms with Crippen molar-refractivity contribution >= 4 is 23.2 Å². The summed E-state index contributed by atoms with van der Waals surface area (Å²) in [6.45, 7) is 0. The summed E-state index contributed by atoms with van der Waals surface area (Å²) in [5.74, 6) is 0. The summed E-state index contributed by atoms with van der Waals surface area (Å²) in [5.41, 5.74) is 1.69. The number of rotatable bonds is 1. The summed E-state index contributed by atoms with van der Waals surface area (Å²) in [4.78, 5) is 8.13. The molecule has 0 bridgehead atoms. The van der Waals surface area contributed by atoms with Crippen molar-refractivity contribution in [2.75, 3.05) is 0 Å². The monoisotopic (exact) mass is 224 g/mol. The van der Waals surface area contributed by atoms with E-state index in [1.807, 2.05) is 18.2 Å². The van der Waals surface area contributed by atoms with Crippen molar-refractivity contribution in [3.8, 4) is 11.3 Å². The molecular formula is C10H6Cl2N2. The molecule has 2 heterocycles. The Morgan fingerprint density at radius 1 is 1.07 bits per heavy atom. The van der Waals surface area contributed by atoms with Gasteiger partial charge in [0.1, 0.15) is 5.15 Å². The predicted octanol–water partition coefficient (Wildman–Crippen LogP) is 3.45. The highest BCUT2D eigenvalue weighted by molar-refractivity contribution is 6.41. The Labute approximate surface area is 91.5 Å². The fourth-order valence-corrected chi connectivity index (χ4v) is 1.36. The first-order valence-electron chi connectivity index (χ1n) is 4.00. The normalized spacial score (nSPS) is 10.1. The van der Waals surface area contributed by atoms with Gasteiger partial charge in [0.15, 0.2) is 0 Å². The van der Waals surface area contributed by atoms with E-state index in [4.69, 9.17) is 23.2 Å². The summed E-state index contributed by atoms with van der Waals surface area (Å²) in [7, 11) is 0. The molecule has 0 atom stereocenters. The quantitative estimate of drug-likeness (QED) is 0.694. The van der Waals surface area contributed by atoms with Gasteiger partial charge in [-0.2, -0.15) is 0 Å². The van der Waals surface area contributed by atoms with E-state index in [1.54, 1.807) is 18.5 Å². The topological polar surface area (TPSA) is 25.8 Å². The molecule has 0 unspecified atom stereocenters. The van der Waals surface area contributed by atoms with Gasteiger partial charge in [0.2, 0.25) is 0 Å². The van der Waals surface area contributed by atoms with Crippen molar-refractivity contribution in [1.82, 2.24) is 9.97 Å². The molecule has 0 amide bonds. The van der Waals surface area contributed by atoms with Crippen LogP contribution in [0.4, 0.5) is 0 Å². The van der Waals surface area contributed by atoms with Crippen LogP contribution in [-0.2, 0) is 0 Å². The zero-order valence-corrected chi connectivity index (χ0v) is 8.63. The molecule has 2 nitrogen and oxygen atoms in total. The van der Waals surface area contributed by atoms with Crippen molar-refractivity contribution in [3.63, 3.8) is 0 Å². The van der Waals surface area contributed by atoms with Gasteiger partial charge in [0, 0.05) is 18.0 Å². The SMILES string of the molecule is Clc1cc(-c2ccccn2)cnc1Cl. The van der Waals surface area contributed by atoms with Gasteiger partial charge in [-0.3, -0.25) is 4.98 Å². The van der Waals surface area contributed by atoms with E-state index >= 15 is 0 Å². The average molecular weight is 225 g/mol. The van der Waals surface area contributed by atoms with E-state index in [0.717, 1.165) is 11.3 Å². The van der Waals surface area contributed by atoms with Gasteiger partial charge in [-0.05, 0) is 18.2 Å². The van der Waals surface area contributed by atoms with Crippen LogP contribution in [0.15, 0.2) is 36.7 Å². The molecule has 0 radical (unpaired) electrons. The molecule has 0 fully saturated rings. The van der Waals surface area contributed by atoms with Crippen molar-refractivity contribution < 1.29 is 0 Å². The third-order valence-electron chi connectivity index (χ3n) is 1.76. The van der Waals surface area contributed by atoms with Crippen molar-refractivity contribution in [2.24, 2.45) is 0 Å². The number of hydrogen-bond donors (Lipinski definition) is 0. The molecule has 0 aliphatic carbocycles. The molecule has 0 aromatic carbocycles. The molecule has 2 aromatic rings. The minimum atomic E-state index is 0.311. The first-order valence-corrected chi connectivity index (χ1v) is 4.75. The number of aromatic nitrogens is 2. The lowest BCUT2D eigenvalue weighted by Crippen LogP contribution is -1.84. The van der Waals surface area contributed by atoms with Crippen LogP contribution in [0.5, 0.6) is 0 Å². The average Bonchev–Trinajstić information content (AvgIpc) is 2.23. The van der Waals surface area contributed by atoms with E-state index in [2.05, 4.69) is 9.97 Å². The lowest BCUT2D eigenvalue weighted by molar-refractivity contribution is 1.28. The van der Waals surface area contributed by atoms with Gasteiger partial charge in [0.25, 0.3) is 0 Å². The number of hydrogen-bond acceptors (Lipinski definition) is 2. The zero-order chi connectivity index (χ0) is 9.97. The molecule has 0 N–H and O–H groups in total. The van der Waals surface area contributed by atoms with E-state index in [1.165, 1.54) is 0 Å². The molecular weight excluding hydrogens is 219 g/mol. The highest BCUT2D eigenvalue weighted by atomic mass is 35.5. The smallest absolute Gasteiger partial charge is 0.147 e. The van der Waals surface area contributed by atoms with Crippen LogP contribution in [0.3, 0.4) is 0 Å². The van der Waals surface area contributed by atoms with Gasteiger partial charge in [-0.15, -0.1) is 0 Å². The van der Waals surface area contributed by atoms with Crippen LogP contribution in [-0.4, -0.2) is 9.97 Å². The summed E-state index contributed by atoms with van der Waals surface area (Å²) in [6, 6.07) is 7.40. The molecule has 70 valence electrons. The molecule has 2 rings (SSSR count). The zero-order valence-electron chi connectivity index (χ0n) is 7.11. The first-order chi connectivity index (χ1) is 6.77.